The van der Waals surface area contributed by atoms with Gasteiger partial charge < -0.3 is 14.7 Å². The molecule has 2 rings (SSSR count). The highest BCUT2D eigenvalue weighted by molar-refractivity contribution is 5.27. The summed E-state index contributed by atoms with van der Waals surface area (Å²) in [6.07, 6.45) is 8.30. The Kier molecular flexibility index (Phi) is 5.46. The second-order valence-electron chi connectivity index (χ2n) is 5.59. The maximum atomic E-state index is 9.86. The third-order valence-electron chi connectivity index (χ3n) is 3.86. The average Bonchev–Trinajstić information content (AvgIpc) is 2.83. The van der Waals surface area contributed by atoms with Crippen LogP contribution in [-0.2, 0) is 6.54 Å². The van der Waals surface area contributed by atoms with Crippen molar-refractivity contribution in [2.24, 2.45) is 5.92 Å². The van der Waals surface area contributed by atoms with E-state index < -0.39 is 0 Å². The number of hydrogen-bond acceptors (Lipinski definition) is 3. The number of rotatable bonds is 6. The fourth-order valence-corrected chi connectivity index (χ4v) is 2.82. The summed E-state index contributed by atoms with van der Waals surface area (Å²) in [5.41, 5.74) is 1.24. The Morgan fingerprint density at radius 1 is 1.35 bits per heavy atom. The first-order chi connectivity index (χ1) is 9.69. The Morgan fingerprint density at radius 3 is 2.70 bits per heavy atom. The molecule has 108 valence electrons. The summed E-state index contributed by atoms with van der Waals surface area (Å²) in [6.45, 7) is 2.15. The van der Waals surface area contributed by atoms with Gasteiger partial charge in [-0.2, -0.15) is 0 Å². The largest absolute Gasteiger partial charge is 0.481 e. The van der Waals surface area contributed by atoms with Crippen LogP contribution in [0, 0.1) is 18.3 Å². The Hall–Kier alpha value is -1.50. The van der Waals surface area contributed by atoms with E-state index in [1.54, 1.807) is 0 Å². The first-order valence-corrected chi connectivity index (χ1v) is 7.21. The van der Waals surface area contributed by atoms with Crippen LogP contribution >= 0.6 is 0 Å². The summed E-state index contributed by atoms with van der Waals surface area (Å²) >= 11 is 0. The van der Waals surface area contributed by atoms with E-state index in [0.717, 1.165) is 38.1 Å². The van der Waals surface area contributed by atoms with Crippen molar-refractivity contribution in [2.75, 3.05) is 20.2 Å². The van der Waals surface area contributed by atoms with E-state index in [4.69, 9.17) is 11.2 Å². The summed E-state index contributed by atoms with van der Waals surface area (Å²) in [5.74, 6) is 3.69. The van der Waals surface area contributed by atoms with Crippen molar-refractivity contribution < 1.29 is 9.84 Å². The molecular weight excluding hydrogens is 250 g/mol. The minimum atomic E-state index is -0.114. The van der Waals surface area contributed by atoms with Crippen LogP contribution in [0.15, 0.2) is 24.3 Å². The summed E-state index contributed by atoms with van der Waals surface area (Å²) < 4.78 is 5.35. The molecule has 1 saturated carbocycles. The number of terminal acetylenes is 1. The molecule has 3 heteroatoms. The molecule has 1 N–H and O–H groups in total. The maximum Gasteiger partial charge on any atom is 0.148 e. The molecule has 0 saturated heterocycles. The van der Waals surface area contributed by atoms with Crippen molar-refractivity contribution in [1.29, 1.82) is 0 Å². The van der Waals surface area contributed by atoms with Crippen LogP contribution in [0.1, 0.15) is 24.8 Å². The van der Waals surface area contributed by atoms with Gasteiger partial charge in [-0.1, -0.05) is 24.5 Å². The third-order valence-corrected chi connectivity index (χ3v) is 3.86. The second-order valence-corrected chi connectivity index (χ2v) is 5.59. The molecule has 0 amide bonds. The molecule has 0 radical (unpaired) electrons. The highest BCUT2D eigenvalue weighted by atomic mass is 16.5. The highest BCUT2D eigenvalue weighted by Gasteiger charge is 2.25. The average molecular weight is 273 g/mol. The lowest BCUT2D eigenvalue weighted by Gasteiger charge is -2.23. The maximum absolute atomic E-state index is 9.86. The molecule has 0 spiro atoms. The topological polar surface area (TPSA) is 32.7 Å². The number of aliphatic hydroxyl groups excluding tert-OH is 1. The van der Waals surface area contributed by atoms with Crippen LogP contribution < -0.4 is 4.74 Å². The van der Waals surface area contributed by atoms with Crippen molar-refractivity contribution in [3.63, 3.8) is 0 Å². The van der Waals surface area contributed by atoms with E-state index in [2.05, 4.69) is 30.0 Å². The first-order valence-electron chi connectivity index (χ1n) is 7.21. The summed E-state index contributed by atoms with van der Waals surface area (Å²) in [4.78, 5) is 2.27. The molecule has 1 aromatic rings. The Bertz CT molecular complexity index is 449. The van der Waals surface area contributed by atoms with Crippen LogP contribution in [0.2, 0.25) is 0 Å². The first kappa shape index (κ1) is 14.9. The van der Waals surface area contributed by atoms with Gasteiger partial charge in [-0.05, 0) is 43.5 Å². The van der Waals surface area contributed by atoms with Crippen LogP contribution in [0.25, 0.3) is 0 Å². The van der Waals surface area contributed by atoms with Gasteiger partial charge in [0.25, 0.3) is 0 Å². The summed E-state index contributed by atoms with van der Waals surface area (Å²) in [7, 11) is 2.10. The van der Waals surface area contributed by atoms with Crippen molar-refractivity contribution in [3.05, 3.63) is 29.8 Å². The van der Waals surface area contributed by atoms with Crippen LogP contribution in [0.5, 0.6) is 5.75 Å². The van der Waals surface area contributed by atoms with E-state index in [1.807, 2.05) is 12.1 Å². The lowest BCUT2D eigenvalue weighted by atomic mass is 10.1. The van der Waals surface area contributed by atoms with Gasteiger partial charge in [-0.15, -0.1) is 6.42 Å². The lowest BCUT2D eigenvalue weighted by molar-refractivity contribution is 0.108. The quantitative estimate of drug-likeness (QED) is 0.807. The molecule has 3 nitrogen and oxygen atoms in total. The monoisotopic (exact) mass is 273 g/mol. The van der Waals surface area contributed by atoms with Gasteiger partial charge in [0.05, 0.1) is 6.10 Å². The van der Waals surface area contributed by atoms with Gasteiger partial charge in [-0.3, -0.25) is 0 Å². The molecule has 0 bridgehead atoms. The SMILES string of the molecule is C#CCOc1ccc(CN(C)CC2CCCC2O)cc1. The van der Waals surface area contributed by atoms with Crippen molar-refractivity contribution in [3.8, 4) is 18.1 Å². The third kappa shape index (κ3) is 4.26. The lowest BCUT2D eigenvalue weighted by Crippen LogP contribution is -2.29. The Morgan fingerprint density at radius 2 is 2.10 bits per heavy atom. The highest BCUT2D eigenvalue weighted by Crippen LogP contribution is 2.26. The minimum absolute atomic E-state index is 0.114. The van der Waals surface area contributed by atoms with Crippen LogP contribution in [0.4, 0.5) is 0 Å². The molecule has 20 heavy (non-hydrogen) atoms. The van der Waals surface area contributed by atoms with Gasteiger partial charge in [0.15, 0.2) is 0 Å². The second kappa shape index (κ2) is 7.33. The van der Waals surface area contributed by atoms with Crippen molar-refractivity contribution >= 4 is 0 Å². The van der Waals surface area contributed by atoms with Crippen molar-refractivity contribution in [1.82, 2.24) is 4.90 Å². The minimum Gasteiger partial charge on any atom is -0.481 e. The van der Waals surface area contributed by atoms with Gasteiger partial charge in [0.2, 0.25) is 0 Å². The molecule has 0 aliphatic heterocycles. The van der Waals surface area contributed by atoms with E-state index in [1.165, 1.54) is 5.56 Å². The number of ether oxygens (including phenoxy) is 1. The predicted molar refractivity (Wildman–Crippen MR) is 80.5 cm³/mol. The molecule has 0 heterocycles. The number of aliphatic hydroxyl groups is 1. The van der Waals surface area contributed by atoms with E-state index >= 15 is 0 Å². The fraction of sp³-hybridized carbons (Fsp3) is 0.529. The molecule has 2 atom stereocenters. The number of nitrogens with zero attached hydrogens (tertiary/aromatic N) is 1. The van der Waals surface area contributed by atoms with Gasteiger partial charge >= 0.3 is 0 Å². The molecule has 1 aromatic carbocycles. The fourth-order valence-electron chi connectivity index (χ4n) is 2.82. The molecule has 1 aliphatic carbocycles. The van der Waals surface area contributed by atoms with Gasteiger partial charge in [0, 0.05) is 13.1 Å². The van der Waals surface area contributed by atoms with Gasteiger partial charge in [0.1, 0.15) is 12.4 Å². The Balaban J connectivity index is 1.81. The van der Waals surface area contributed by atoms with E-state index in [-0.39, 0.29) is 6.10 Å². The summed E-state index contributed by atoms with van der Waals surface area (Å²) in [6, 6.07) is 8.02. The summed E-state index contributed by atoms with van der Waals surface area (Å²) in [5, 5.41) is 9.86. The zero-order valence-corrected chi connectivity index (χ0v) is 12.1. The number of benzene rings is 1. The number of hydrogen-bond donors (Lipinski definition) is 1. The molecule has 1 aliphatic rings. The molecule has 2 unspecified atom stereocenters. The van der Waals surface area contributed by atoms with E-state index in [9.17, 15) is 5.11 Å². The predicted octanol–water partition coefficient (Wildman–Crippen LogP) is 2.29. The normalized spacial score (nSPS) is 21.9. The molecule has 0 aromatic heterocycles. The zero-order valence-electron chi connectivity index (χ0n) is 12.1. The van der Waals surface area contributed by atoms with Crippen LogP contribution in [0.3, 0.4) is 0 Å². The van der Waals surface area contributed by atoms with E-state index in [0.29, 0.717) is 12.5 Å². The molecule has 1 fully saturated rings. The smallest absolute Gasteiger partial charge is 0.148 e. The zero-order chi connectivity index (χ0) is 14.4. The molecular formula is C17H23NO2. The Labute approximate surface area is 121 Å². The van der Waals surface area contributed by atoms with Crippen molar-refractivity contribution in [2.45, 2.75) is 31.9 Å². The van der Waals surface area contributed by atoms with Crippen LogP contribution in [-0.4, -0.2) is 36.3 Å². The standard InChI is InChI=1S/C17H23NO2/c1-3-11-20-16-9-7-14(8-10-16)12-18(2)13-15-5-4-6-17(15)19/h1,7-10,15,17,19H,4-6,11-13H2,2H3. The van der Waals surface area contributed by atoms with Gasteiger partial charge in [-0.25, -0.2) is 0 Å².